The molecule has 1 aromatic rings. The van der Waals surface area contributed by atoms with Crippen molar-refractivity contribution >= 4 is 38.9 Å². The highest BCUT2D eigenvalue weighted by atomic mass is 79.9. The van der Waals surface area contributed by atoms with Crippen molar-refractivity contribution in [2.24, 2.45) is 0 Å². The minimum atomic E-state index is -0.566. The molecule has 0 bridgehead atoms. The Hall–Kier alpha value is -0.750. The highest BCUT2D eigenvalue weighted by Gasteiger charge is 2.08. The number of benzene rings is 1. The smallest absolute Gasteiger partial charge is 0.170 e. The van der Waals surface area contributed by atoms with Crippen molar-refractivity contribution in [3.8, 4) is 0 Å². The van der Waals surface area contributed by atoms with E-state index >= 15 is 0 Å². The van der Waals surface area contributed by atoms with Gasteiger partial charge >= 0.3 is 0 Å². The lowest BCUT2D eigenvalue weighted by Crippen LogP contribution is -2.28. The Morgan fingerprint density at radius 3 is 2.67 bits per heavy atom. The Kier molecular flexibility index (Phi) is 4.41. The molecule has 0 aliphatic rings. The molecule has 1 rings (SSSR count). The van der Waals surface area contributed by atoms with Crippen molar-refractivity contribution in [3.63, 3.8) is 0 Å². The molecule has 0 saturated heterocycles. The first-order valence-electron chi connectivity index (χ1n) is 4.24. The van der Waals surface area contributed by atoms with Crippen molar-refractivity contribution in [3.05, 3.63) is 28.2 Å². The molecule has 0 heterocycles. The van der Waals surface area contributed by atoms with Gasteiger partial charge in [-0.1, -0.05) is 0 Å². The average molecular weight is 295 g/mol. The summed E-state index contributed by atoms with van der Waals surface area (Å²) >= 11 is 7.73. The number of nitrogens with one attached hydrogen (secondary N) is 2. The molecule has 6 heteroatoms. The third kappa shape index (κ3) is 3.39. The van der Waals surface area contributed by atoms with Crippen LogP contribution in [-0.2, 0) is 0 Å². The van der Waals surface area contributed by atoms with Crippen molar-refractivity contribution in [1.29, 1.82) is 0 Å². The van der Waals surface area contributed by atoms with Crippen molar-refractivity contribution < 1.29 is 8.78 Å². The maximum Gasteiger partial charge on any atom is 0.170 e. The molecule has 0 aromatic heterocycles. The summed E-state index contributed by atoms with van der Waals surface area (Å²) in [6.45, 7) is 2.47. The van der Waals surface area contributed by atoms with Crippen LogP contribution in [0.4, 0.5) is 14.5 Å². The van der Waals surface area contributed by atoms with Crippen LogP contribution in [0.25, 0.3) is 0 Å². The number of thiocarbonyl (C=S) groups is 1. The lowest BCUT2D eigenvalue weighted by Gasteiger charge is -2.10. The predicted octanol–water partition coefficient (Wildman–Crippen LogP) is 3.03. The summed E-state index contributed by atoms with van der Waals surface area (Å²) in [7, 11) is 0. The van der Waals surface area contributed by atoms with Crippen LogP contribution in [0.2, 0.25) is 0 Å². The molecule has 1 aromatic carbocycles. The second-order valence-corrected chi connectivity index (χ2v) is 3.99. The van der Waals surface area contributed by atoms with E-state index in [9.17, 15) is 8.78 Å². The zero-order chi connectivity index (χ0) is 11.4. The standard InChI is InChI=1S/C9H9BrF2N2S/c1-2-13-9(15)14-8-4-6(11)5(10)3-7(8)12/h3-4H,2H2,1H3,(H2,13,14,15). The van der Waals surface area contributed by atoms with E-state index in [4.69, 9.17) is 12.2 Å². The van der Waals surface area contributed by atoms with Gasteiger partial charge in [-0.05, 0) is 41.1 Å². The molecule has 0 atom stereocenters. The lowest BCUT2D eigenvalue weighted by atomic mass is 10.3. The highest BCUT2D eigenvalue weighted by Crippen LogP contribution is 2.23. The Morgan fingerprint density at radius 2 is 2.07 bits per heavy atom. The van der Waals surface area contributed by atoms with Gasteiger partial charge in [0.2, 0.25) is 0 Å². The normalized spacial score (nSPS) is 9.87. The summed E-state index contributed by atoms with van der Waals surface area (Å²) in [6, 6.07) is 2.09. The zero-order valence-corrected chi connectivity index (χ0v) is 10.3. The molecule has 0 spiro atoms. The molecular weight excluding hydrogens is 286 g/mol. The summed E-state index contributed by atoms with van der Waals surface area (Å²) in [5.41, 5.74) is 0.0154. The second-order valence-electron chi connectivity index (χ2n) is 2.73. The van der Waals surface area contributed by atoms with E-state index in [1.165, 1.54) is 0 Å². The first-order chi connectivity index (χ1) is 7.04. The van der Waals surface area contributed by atoms with E-state index < -0.39 is 11.6 Å². The summed E-state index contributed by atoms with van der Waals surface area (Å²) in [5.74, 6) is -1.11. The van der Waals surface area contributed by atoms with Crippen LogP contribution in [0.15, 0.2) is 16.6 Å². The molecular formula is C9H9BrF2N2S. The van der Waals surface area contributed by atoms with Gasteiger partial charge in [0.15, 0.2) is 5.11 Å². The molecule has 0 aliphatic carbocycles. The van der Waals surface area contributed by atoms with Crippen LogP contribution in [0.1, 0.15) is 6.92 Å². The van der Waals surface area contributed by atoms with Crippen LogP contribution >= 0.6 is 28.1 Å². The zero-order valence-electron chi connectivity index (χ0n) is 7.90. The summed E-state index contributed by atoms with van der Waals surface area (Å²) in [5, 5.41) is 5.60. The van der Waals surface area contributed by atoms with Gasteiger partial charge in [-0.15, -0.1) is 0 Å². The van der Waals surface area contributed by atoms with Gasteiger partial charge in [-0.3, -0.25) is 0 Å². The quantitative estimate of drug-likeness (QED) is 0.648. The fourth-order valence-corrected chi connectivity index (χ4v) is 1.52. The summed E-state index contributed by atoms with van der Waals surface area (Å²) < 4.78 is 26.4. The number of hydrogen-bond donors (Lipinski definition) is 2. The molecule has 0 unspecified atom stereocenters. The van der Waals surface area contributed by atoms with E-state index in [1.807, 2.05) is 6.92 Å². The van der Waals surface area contributed by atoms with Crippen LogP contribution in [0.5, 0.6) is 0 Å². The van der Waals surface area contributed by atoms with E-state index in [0.29, 0.717) is 6.54 Å². The summed E-state index contributed by atoms with van der Waals surface area (Å²) in [4.78, 5) is 0. The van der Waals surface area contributed by atoms with Gasteiger partial charge in [-0.25, -0.2) is 8.78 Å². The average Bonchev–Trinajstić information content (AvgIpc) is 2.14. The first kappa shape index (κ1) is 12.3. The van der Waals surface area contributed by atoms with E-state index in [2.05, 4.69) is 26.6 Å². The van der Waals surface area contributed by atoms with Gasteiger partial charge < -0.3 is 10.6 Å². The van der Waals surface area contributed by atoms with Crippen LogP contribution < -0.4 is 10.6 Å². The molecule has 15 heavy (non-hydrogen) atoms. The fourth-order valence-electron chi connectivity index (χ4n) is 0.945. The van der Waals surface area contributed by atoms with Gasteiger partial charge in [0, 0.05) is 12.6 Å². The highest BCUT2D eigenvalue weighted by molar-refractivity contribution is 9.10. The predicted molar refractivity (Wildman–Crippen MR) is 64.0 cm³/mol. The molecule has 0 saturated carbocycles. The number of halogens is 3. The van der Waals surface area contributed by atoms with Crippen LogP contribution in [0, 0.1) is 11.6 Å². The van der Waals surface area contributed by atoms with Gasteiger partial charge in [0.25, 0.3) is 0 Å². The molecule has 0 aliphatic heterocycles. The maximum absolute atomic E-state index is 13.3. The molecule has 2 N–H and O–H groups in total. The van der Waals surface area contributed by atoms with Crippen molar-refractivity contribution in [2.45, 2.75) is 6.92 Å². The Bertz CT molecular complexity index is 385. The van der Waals surface area contributed by atoms with Crippen molar-refractivity contribution in [1.82, 2.24) is 5.32 Å². The minimum Gasteiger partial charge on any atom is -0.363 e. The topological polar surface area (TPSA) is 24.1 Å². The third-order valence-corrected chi connectivity index (χ3v) is 2.45. The Labute approximate surface area is 100 Å². The molecule has 2 nitrogen and oxygen atoms in total. The van der Waals surface area contributed by atoms with Crippen LogP contribution in [-0.4, -0.2) is 11.7 Å². The Balaban J connectivity index is 2.86. The lowest BCUT2D eigenvalue weighted by molar-refractivity contribution is 0.598. The first-order valence-corrected chi connectivity index (χ1v) is 5.44. The number of hydrogen-bond acceptors (Lipinski definition) is 1. The molecule has 0 amide bonds. The van der Waals surface area contributed by atoms with Crippen LogP contribution in [0.3, 0.4) is 0 Å². The van der Waals surface area contributed by atoms with E-state index in [-0.39, 0.29) is 15.3 Å². The number of anilines is 1. The maximum atomic E-state index is 13.3. The van der Waals surface area contributed by atoms with E-state index in [0.717, 1.165) is 12.1 Å². The van der Waals surface area contributed by atoms with Gasteiger partial charge in [0.1, 0.15) is 11.6 Å². The fraction of sp³-hybridized carbons (Fsp3) is 0.222. The second kappa shape index (κ2) is 5.37. The Morgan fingerprint density at radius 1 is 1.40 bits per heavy atom. The third-order valence-electron chi connectivity index (χ3n) is 1.60. The van der Waals surface area contributed by atoms with E-state index in [1.54, 1.807) is 0 Å². The summed E-state index contributed by atoms with van der Waals surface area (Å²) in [6.07, 6.45) is 0. The van der Waals surface area contributed by atoms with Crippen molar-refractivity contribution in [2.75, 3.05) is 11.9 Å². The molecule has 0 fully saturated rings. The van der Waals surface area contributed by atoms with Gasteiger partial charge in [-0.2, -0.15) is 0 Å². The minimum absolute atomic E-state index is 0.0154. The van der Waals surface area contributed by atoms with Gasteiger partial charge in [0.05, 0.1) is 10.2 Å². The molecule has 82 valence electrons. The number of rotatable bonds is 2. The monoisotopic (exact) mass is 294 g/mol. The largest absolute Gasteiger partial charge is 0.363 e. The SMILES string of the molecule is CCNC(=S)Nc1cc(F)c(Br)cc1F. The molecule has 0 radical (unpaired) electrons.